The van der Waals surface area contributed by atoms with Gasteiger partial charge in [0.2, 0.25) is 5.88 Å². The first-order chi connectivity index (χ1) is 12.6. The van der Waals surface area contributed by atoms with Crippen molar-refractivity contribution >= 4 is 17.2 Å². The lowest BCUT2D eigenvalue weighted by Crippen LogP contribution is -2.34. The number of rotatable bonds is 7. The third-order valence-corrected chi connectivity index (χ3v) is 4.90. The van der Waals surface area contributed by atoms with E-state index in [4.69, 9.17) is 4.74 Å². The Morgan fingerprint density at radius 2 is 1.96 bits per heavy atom. The zero-order valence-electron chi connectivity index (χ0n) is 14.8. The van der Waals surface area contributed by atoms with Crippen LogP contribution < -0.4 is 10.1 Å². The maximum Gasteiger partial charge on any atom is 0.256 e. The number of hydrogen-bond donors (Lipinski definition) is 1. The summed E-state index contributed by atoms with van der Waals surface area (Å²) in [6.45, 7) is 0.506. The number of carbonyl (C=O) groups is 1. The second-order valence-corrected chi connectivity index (χ2v) is 6.96. The van der Waals surface area contributed by atoms with Crippen LogP contribution >= 0.6 is 11.3 Å². The van der Waals surface area contributed by atoms with E-state index in [9.17, 15) is 4.79 Å². The second-order valence-electron chi connectivity index (χ2n) is 5.98. The van der Waals surface area contributed by atoms with E-state index in [0.29, 0.717) is 23.7 Å². The predicted octanol–water partition coefficient (Wildman–Crippen LogP) is 3.97. The number of pyridine rings is 1. The minimum Gasteiger partial charge on any atom is -0.438 e. The number of para-hydroxylation sites is 1. The minimum atomic E-state index is -0.201. The van der Waals surface area contributed by atoms with Gasteiger partial charge in [-0.2, -0.15) is 0 Å². The Morgan fingerprint density at radius 3 is 2.65 bits per heavy atom. The smallest absolute Gasteiger partial charge is 0.256 e. The molecule has 3 rings (SSSR count). The summed E-state index contributed by atoms with van der Waals surface area (Å²) in [7, 11) is 4.01. The number of aromatic nitrogens is 1. The number of nitrogens with one attached hydrogen (secondary N) is 1. The monoisotopic (exact) mass is 367 g/mol. The zero-order valence-corrected chi connectivity index (χ0v) is 15.6. The molecular weight excluding hydrogens is 346 g/mol. The highest BCUT2D eigenvalue weighted by Gasteiger charge is 2.19. The minimum absolute atomic E-state index is 0.120. The van der Waals surface area contributed by atoms with Crippen molar-refractivity contribution in [2.45, 2.75) is 6.04 Å². The fraction of sp³-hybridized carbons (Fsp3) is 0.200. The summed E-state index contributed by atoms with van der Waals surface area (Å²) < 4.78 is 5.78. The van der Waals surface area contributed by atoms with Crippen LogP contribution in [0.2, 0.25) is 0 Å². The van der Waals surface area contributed by atoms with Crippen molar-refractivity contribution in [3.63, 3.8) is 0 Å². The molecule has 1 aromatic carbocycles. The molecule has 2 heterocycles. The van der Waals surface area contributed by atoms with Gasteiger partial charge in [0, 0.05) is 17.6 Å². The van der Waals surface area contributed by atoms with Crippen LogP contribution in [0.25, 0.3) is 0 Å². The first kappa shape index (κ1) is 18.1. The normalized spacial score (nSPS) is 12.0. The molecule has 1 amide bonds. The van der Waals surface area contributed by atoms with Gasteiger partial charge in [-0.15, -0.1) is 11.3 Å². The van der Waals surface area contributed by atoms with Gasteiger partial charge in [-0.25, -0.2) is 4.98 Å². The molecule has 134 valence electrons. The number of nitrogens with zero attached hydrogens (tertiary/aromatic N) is 2. The largest absolute Gasteiger partial charge is 0.438 e. The molecule has 3 aromatic rings. The number of carbonyl (C=O) groups excluding carboxylic acids is 1. The molecule has 0 bridgehead atoms. The quantitative estimate of drug-likeness (QED) is 0.687. The van der Waals surface area contributed by atoms with Crippen LogP contribution in [0, 0.1) is 0 Å². The summed E-state index contributed by atoms with van der Waals surface area (Å²) in [5.41, 5.74) is 0.417. The third kappa shape index (κ3) is 4.47. The number of amides is 1. The molecule has 0 aliphatic rings. The van der Waals surface area contributed by atoms with Crippen molar-refractivity contribution in [3.8, 4) is 11.6 Å². The molecule has 0 aliphatic heterocycles. The molecule has 5 nitrogen and oxygen atoms in total. The number of likely N-dealkylation sites (N-methyl/N-ethyl adjacent to an activating group) is 1. The van der Waals surface area contributed by atoms with Gasteiger partial charge in [-0.1, -0.05) is 24.3 Å². The SMILES string of the molecule is CN(C)[C@@H](CNC(=O)c1cccnc1Oc1ccccc1)c1cccs1. The molecule has 0 fully saturated rings. The molecule has 0 aliphatic carbocycles. The molecule has 2 aromatic heterocycles. The van der Waals surface area contributed by atoms with Crippen molar-refractivity contribution in [3.05, 3.63) is 76.6 Å². The Hall–Kier alpha value is -2.70. The molecular formula is C20H21N3O2S. The lowest BCUT2D eigenvalue weighted by molar-refractivity contribution is 0.0939. The third-order valence-electron chi connectivity index (χ3n) is 3.92. The Kier molecular flexibility index (Phi) is 5.99. The summed E-state index contributed by atoms with van der Waals surface area (Å²) in [5.74, 6) is 0.742. The summed E-state index contributed by atoms with van der Waals surface area (Å²) in [5, 5.41) is 5.04. The van der Waals surface area contributed by atoms with Gasteiger partial charge < -0.3 is 15.0 Å². The van der Waals surface area contributed by atoms with Gasteiger partial charge >= 0.3 is 0 Å². The van der Waals surface area contributed by atoms with E-state index >= 15 is 0 Å². The van der Waals surface area contributed by atoms with Crippen molar-refractivity contribution in [1.29, 1.82) is 0 Å². The van der Waals surface area contributed by atoms with Crippen molar-refractivity contribution < 1.29 is 9.53 Å². The first-order valence-corrected chi connectivity index (χ1v) is 9.19. The van der Waals surface area contributed by atoms with E-state index in [1.54, 1.807) is 29.7 Å². The van der Waals surface area contributed by atoms with Crippen LogP contribution in [-0.2, 0) is 0 Å². The van der Waals surface area contributed by atoms with Gasteiger partial charge in [0.25, 0.3) is 5.91 Å². The van der Waals surface area contributed by atoms with Crippen LogP contribution in [0.5, 0.6) is 11.6 Å². The molecule has 26 heavy (non-hydrogen) atoms. The second kappa shape index (κ2) is 8.60. The van der Waals surface area contributed by atoms with Crippen LogP contribution in [0.3, 0.4) is 0 Å². The fourth-order valence-corrected chi connectivity index (χ4v) is 3.47. The topological polar surface area (TPSA) is 54.5 Å². The van der Waals surface area contributed by atoms with Crippen LogP contribution in [0.4, 0.5) is 0 Å². The van der Waals surface area contributed by atoms with Gasteiger partial charge in [0.1, 0.15) is 11.3 Å². The Bertz CT molecular complexity index is 835. The van der Waals surface area contributed by atoms with E-state index in [-0.39, 0.29) is 11.9 Å². The van der Waals surface area contributed by atoms with E-state index < -0.39 is 0 Å². The number of thiophene rings is 1. The molecule has 1 N–H and O–H groups in total. The Morgan fingerprint density at radius 1 is 1.15 bits per heavy atom. The summed E-state index contributed by atoms with van der Waals surface area (Å²) in [6, 6.07) is 17.0. The first-order valence-electron chi connectivity index (χ1n) is 8.31. The summed E-state index contributed by atoms with van der Waals surface area (Å²) >= 11 is 1.68. The maximum absolute atomic E-state index is 12.7. The summed E-state index contributed by atoms with van der Waals surface area (Å²) in [6.07, 6.45) is 1.61. The fourth-order valence-electron chi connectivity index (χ4n) is 2.55. The predicted molar refractivity (Wildman–Crippen MR) is 104 cm³/mol. The lowest BCUT2D eigenvalue weighted by atomic mass is 10.2. The molecule has 1 atom stereocenters. The number of ether oxygens (including phenoxy) is 1. The molecule has 0 unspecified atom stereocenters. The highest BCUT2D eigenvalue weighted by atomic mass is 32.1. The summed E-state index contributed by atoms with van der Waals surface area (Å²) in [4.78, 5) is 20.2. The maximum atomic E-state index is 12.7. The standard InChI is InChI=1S/C20H21N3O2S/c1-23(2)17(18-11-7-13-26-18)14-22-19(24)16-10-6-12-21-20(16)25-15-8-4-3-5-9-15/h3-13,17H,14H2,1-2H3,(H,22,24)/t17-/m0/s1. The average molecular weight is 367 g/mol. The van der Waals surface area contributed by atoms with Crippen LogP contribution in [0.15, 0.2) is 66.2 Å². The highest BCUT2D eigenvalue weighted by molar-refractivity contribution is 7.10. The molecule has 0 spiro atoms. The number of hydrogen-bond acceptors (Lipinski definition) is 5. The molecule has 0 saturated carbocycles. The van der Waals surface area contributed by atoms with Gasteiger partial charge in [-0.05, 0) is 49.8 Å². The van der Waals surface area contributed by atoms with Crippen LogP contribution in [0.1, 0.15) is 21.3 Å². The van der Waals surface area contributed by atoms with Gasteiger partial charge in [-0.3, -0.25) is 4.79 Å². The highest BCUT2D eigenvalue weighted by Crippen LogP contribution is 2.24. The van der Waals surface area contributed by atoms with Crippen molar-refractivity contribution in [1.82, 2.24) is 15.2 Å². The number of benzene rings is 1. The van der Waals surface area contributed by atoms with Crippen LogP contribution in [-0.4, -0.2) is 36.4 Å². The Balaban J connectivity index is 1.72. The molecule has 0 saturated heterocycles. The molecule has 6 heteroatoms. The van der Waals surface area contributed by atoms with Gasteiger partial charge in [0.05, 0.1) is 6.04 Å². The molecule has 0 radical (unpaired) electrons. The van der Waals surface area contributed by atoms with E-state index in [1.807, 2.05) is 55.9 Å². The zero-order chi connectivity index (χ0) is 18.4. The van der Waals surface area contributed by atoms with Gasteiger partial charge in [0.15, 0.2) is 0 Å². The van der Waals surface area contributed by atoms with Crippen molar-refractivity contribution in [2.24, 2.45) is 0 Å². The lowest BCUT2D eigenvalue weighted by Gasteiger charge is -2.23. The Labute approximate surface area is 157 Å². The average Bonchev–Trinajstić information content (AvgIpc) is 3.17. The van der Waals surface area contributed by atoms with Crippen molar-refractivity contribution in [2.75, 3.05) is 20.6 Å². The van der Waals surface area contributed by atoms with E-state index in [1.165, 1.54) is 4.88 Å². The van der Waals surface area contributed by atoms with E-state index in [2.05, 4.69) is 21.3 Å². The van der Waals surface area contributed by atoms with E-state index in [0.717, 1.165) is 0 Å².